The van der Waals surface area contributed by atoms with Crippen molar-refractivity contribution in [3.05, 3.63) is 58.1 Å². The highest BCUT2D eigenvalue weighted by Gasteiger charge is 2.15. The van der Waals surface area contributed by atoms with E-state index in [2.05, 4.69) is 0 Å². The van der Waals surface area contributed by atoms with Crippen LogP contribution >= 0.6 is 0 Å². The minimum absolute atomic E-state index is 0.170. The number of hydrogen-bond donors (Lipinski definition) is 0. The molecule has 0 aliphatic rings. The molecule has 0 aliphatic heterocycles. The fourth-order valence-corrected chi connectivity index (χ4v) is 2.90. The smallest absolute Gasteiger partial charge is 0.419 e. The van der Waals surface area contributed by atoms with Gasteiger partial charge in [-0.15, -0.1) is 0 Å². The van der Waals surface area contributed by atoms with Gasteiger partial charge in [-0.05, 0) is 37.6 Å². The Balaban J connectivity index is 1.63. The van der Waals surface area contributed by atoms with Gasteiger partial charge in [0.25, 0.3) is 0 Å². The third-order valence-corrected chi connectivity index (χ3v) is 4.32. The maximum atomic E-state index is 12.3. The molecule has 1 aromatic heterocycles. The summed E-state index contributed by atoms with van der Waals surface area (Å²) in [6, 6.07) is 10.4. The van der Waals surface area contributed by atoms with E-state index in [0.29, 0.717) is 35.6 Å². The average Bonchev–Trinajstić information content (AvgIpc) is 3.00. The first-order valence-corrected chi connectivity index (χ1v) is 8.53. The van der Waals surface area contributed by atoms with E-state index in [1.807, 2.05) is 25.1 Å². The van der Waals surface area contributed by atoms with Crippen LogP contribution in [0.1, 0.15) is 22.3 Å². The lowest BCUT2D eigenvalue weighted by Crippen LogP contribution is -2.16. The van der Waals surface area contributed by atoms with Gasteiger partial charge in [-0.1, -0.05) is 12.1 Å². The van der Waals surface area contributed by atoms with Crippen LogP contribution in [0, 0.1) is 6.92 Å². The molecule has 0 fully saturated rings. The van der Waals surface area contributed by atoms with Crippen molar-refractivity contribution in [3.63, 3.8) is 0 Å². The van der Waals surface area contributed by atoms with Crippen LogP contribution in [-0.2, 0) is 11.3 Å². The Hall–Kier alpha value is -3.22. The van der Waals surface area contributed by atoms with E-state index in [4.69, 9.17) is 18.6 Å². The van der Waals surface area contributed by atoms with Gasteiger partial charge in [0.05, 0.1) is 31.9 Å². The molecular weight excluding hydrogens is 350 g/mol. The molecule has 7 heteroatoms. The van der Waals surface area contributed by atoms with E-state index < -0.39 is 11.7 Å². The van der Waals surface area contributed by atoms with Crippen LogP contribution in [0.5, 0.6) is 11.5 Å². The topological polar surface area (TPSA) is 79.9 Å². The van der Waals surface area contributed by atoms with Crippen molar-refractivity contribution < 1.29 is 23.4 Å². The number of aromatic nitrogens is 1. The molecule has 0 bridgehead atoms. The molecule has 0 spiro atoms. The maximum absolute atomic E-state index is 12.3. The van der Waals surface area contributed by atoms with Crippen molar-refractivity contribution in [2.24, 2.45) is 0 Å². The highest BCUT2D eigenvalue weighted by Crippen LogP contribution is 2.29. The zero-order chi connectivity index (χ0) is 19.4. The van der Waals surface area contributed by atoms with E-state index in [9.17, 15) is 9.59 Å². The van der Waals surface area contributed by atoms with Crippen LogP contribution in [0.4, 0.5) is 0 Å². The Morgan fingerprint density at radius 1 is 1.11 bits per heavy atom. The molecule has 3 rings (SSSR count). The number of para-hydroxylation sites is 2. The molecular formula is C20H21NO6. The number of rotatable bonds is 7. The quantitative estimate of drug-likeness (QED) is 0.469. The van der Waals surface area contributed by atoms with Crippen LogP contribution in [0.15, 0.2) is 45.6 Å². The van der Waals surface area contributed by atoms with E-state index >= 15 is 0 Å². The molecule has 0 radical (unpaired) electrons. The Kier molecular flexibility index (Phi) is 5.49. The van der Waals surface area contributed by atoms with Gasteiger partial charge in [0.15, 0.2) is 5.58 Å². The number of methoxy groups -OCH3 is 2. The normalized spacial score (nSPS) is 10.8. The average molecular weight is 371 g/mol. The van der Waals surface area contributed by atoms with Crippen molar-refractivity contribution >= 4 is 17.1 Å². The van der Waals surface area contributed by atoms with Crippen molar-refractivity contribution in [2.45, 2.75) is 19.9 Å². The van der Waals surface area contributed by atoms with Gasteiger partial charge in [0.2, 0.25) is 0 Å². The molecule has 0 aliphatic carbocycles. The summed E-state index contributed by atoms with van der Waals surface area (Å²) in [6.45, 7) is 2.41. The lowest BCUT2D eigenvalue weighted by atomic mass is 10.1. The van der Waals surface area contributed by atoms with E-state index in [1.165, 1.54) is 18.8 Å². The van der Waals surface area contributed by atoms with Crippen molar-refractivity contribution in [3.8, 4) is 11.5 Å². The third-order valence-electron chi connectivity index (χ3n) is 4.32. The van der Waals surface area contributed by atoms with Gasteiger partial charge in [-0.3, -0.25) is 4.57 Å². The molecule has 0 unspecified atom stereocenters. The van der Waals surface area contributed by atoms with Crippen LogP contribution < -0.4 is 15.2 Å². The number of carbonyl (C=O) groups excluding carboxylic acids is 1. The minimum Gasteiger partial charge on any atom is -0.496 e. The summed E-state index contributed by atoms with van der Waals surface area (Å²) in [7, 11) is 3.06. The molecule has 0 saturated heterocycles. The highest BCUT2D eigenvalue weighted by atomic mass is 16.5. The Labute approximate surface area is 156 Å². The molecule has 1 heterocycles. The molecule has 0 saturated carbocycles. The monoisotopic (exact) mass is 371 g/mol. The number of esters is 1. The number of aryl methyl sites for hydroxylation is 1. The van der Waals surface area contributed by atoms with Gasteiger partial charge in [-0.2, -0.15) is 0 Å². The standard InChI is InChI=1S/C20H21NO6/c1-13-17(24-2)11-14(12-18(13)25-3)19(22)26-10-6-9-21-15-7-4-5-8-16(15)27-20(21)23/h4-5,7-8,11-12H,6,9-10H2,1-3H3. The number of nitrogens with zero attached hydrogens (tertiary/aromatic N) is 1. The summed E-state index contributed by atoms with van der Waals surface area (Å²) in [6.07, 6.45) is 0.481. The zero-order valence-electron chi connectivity index (χ0n) is 15.5. The second kappa shape index (κ2) is 7.99. The largest absolute Gasteiger partial charge is 0.496 e. The fraction of sp³-hybridized carbons (Fsp3) is 0.300. The Bertz CT molecular complexity index is 992. The first kappa shape index (κ1) is 18.6. The predicted octanol–water partition coefficient (Wildman–Crippen LogP) is 3.17. The van der Waals surface area contributed by atoms with Gasteiger partial charge in [0.1, 0.15) is 11.5 Å². The molecule has 142 valence electrons. The summed E-state index contributed by atoms with van der Waals surface area (Å²) >= 11 is 0. The molecule has 0 amide bonds. The first-order chi connectivity index (χ1) is 13.0. The van der Waals surface area contributed by atoms with E-state index in [1.54, 1.807) is 18.2 Å². The molecule has 7 nitrogen and oxygen atoms in total. The first-order valence-electron chi connectivity index (χ1n) is 8.53. The molecule has 3 aromatic rings. The van der Waals surface area contributed by atoms with Crippen LogP contribution in [-0.4, -0.2) is 31.4 Å². The summed E-state index contributed by atoms with van der Waals surface area (Å²) in [5.74, 6) is 0.210. The lowest BCUT2D eigenvalue weighted by molar-refractivity contribution is 0.0495. The molecule has 27 heavy (non-hydrogen) atoms. The molecule has 0 atom stereocenters. The van der Waals surface area contributed by atoms with Crippen LogP contribution in [0.25, 0.3) is 11.1 Å². The SMILES string of the molecule is COc1cc(C(=O)OCCCn2c(=O)oc3ccccc32)cc(OC)c1C. The minimum atomic E-state index is -0.476. The number of carbonyl (C=O) groups is 1. The second-order valence-electron chi connectivity index (χ2n) is 5.98. The second-order valence-corrected chi connectivity index (χ2v) is 5.98. The van der Waals surface area contributed by atoms with Crippen LogP contribution in [0.2, 0.25) is 0 Å². The number of hydrogen-bond acceptors (Lipinski definition) is 6. The van der Waals surface area contributed by atoms with Crippen molar-refractivity contribution in [2.75, 3.05) is 20.8 Å². The van der Waals surface area contributed by atoms with Crippen LogP contribution in [0.3, 0.4) is 0 Å². The number of benzene rings is 2. The molecule has 2 aromatic carbocycles. The van der Waals surface area contributed by atoms with E-state index in [0.717, 1.165) is 11.1 Å². The summed E-state index contributed by atoms with van der Waals surface area (Å²) < 4.78 is 22.6. The Morgan fingerprint density at radius 2 is 1.78 bits per heavy atom. The summed E-state index contributed by atoms with van der Waals surface area (Å²) in [4.78, 5) is 24.2. The van der Waals surface area contributed by atoms with Gasteiger partial charge in [0, 0.05) is 12.1 Å². The van der Waals surface area contributed by atoms with Crippen molar-refractivity contribution in [1.82, 2.24) is 4.57 Å². The third kappa shape index (κ3) is 3.81. The maximum Gasteiger partial charge on any atom is 0.419 e. The highest BCUT2D eigenvalue weighted by molar-refractivity contribution is 5.90. The number of oxazole rings is 1. The Morgan fingerprint density at radius 3 is 2.44 bits per heavy atom. The number of fused-ring (bicyclic) bond motifs is 1. The lowest BCUT2D eigenvalue weighted by Gasteiger charge is -2.12. The zero-order valence-corrected chi connectivity index (χ0v) is 15.5. The fourth-order valence-electron chi connectivity index (χ4n) is 2.90. The summed E-state index contributed by atoms with van der Waals surface area (Å²) in [5.41, 5.74) is 2.42. The molecule has 0 N–H and O–H groups in total. The van der Waals surface area contributed by atoms with Crippen molar-refractivity contribution in [1.29, 1.82) is 0 Å². The van der Waals surface area contributed by atoms with Gasteiger partial charge < -0.3 is 18.6 Å². The van der Waals surface area contributed by atoms with Gasteiger partial charge >= 0.3 is 11.7 Å². The number of ether oxygens (including phenoxy) is 3. The predicted molar refractivity (Wildman–Crippen MR) is 99.7 cm³/mol. The van der Waals surface area contributed by atoms with Gasteiger partial charge in [-0.25, -0.2) is 9.59 Å². The summed E-state index contributed by atoms with van der Waals surface area (Å²) in [5, 5.41) is 0. The van der Waals surface area contributed by atoms with E-state index in [-0.39, 0.29) is 6.61 Å².